The van der Waals surface area contributed by atoms with Crippen LogP contribution >= 0.6 is 50.2 Å². The molecular formula is C11H11BrClNS2. The number of hydrogen-bond acceptors (Lipinski definition) is 3. The van der Waals surface area contributed by atoms with Crippen LogP contribution in [0, 0.1) is 0 Å². The summed E-state index contributed by atoms with van der Waals surface area (Å²) in [5, 5.41) is 6.38. The minimum atomic E-state index is 0.263. The molecule has 0 spiro atoms. The van der Waals surface area contributed by atoms with E-state index in [-0.39, 0.29) is 6.04 Å². The zero-order valence-corrected chi connectivity index (χ0v) is 12.6. The van der Waals surface area contributed by atoms with E-state index in [1.54, 1.807) is 22.7 Å². The van der Waals surface area contributed by atoms with Crippen molar-refractivity contribution in [1.82, 2.24) is 5.32 Å². The fourth-order valence-electron chi connectivity index (χ4n) is 1.51. The molecule has 0 bridgehead atoms. The van der Waals surface area contributed by atoms with E-state index in [2.05, 4.69) is 45.7 Å². The molecule has 0 fully saturated rings. The van der Waals surface area contributed by atoms with Crippen molar-refractivity contribution in [2.24, 2.45) is 0 Å². The second-order valence-electron chi connectivity index (χ2n) is 3.28. The van der Waals surface area contributed by atoms with Crippen LogP contribution in [0.25, 0.3) is 0 Å². The lowest BCUT2D eigenvalue weighted by Crippen LogP contribution is -2.19. The van der Waals surface area contributed by atoms with Crippen LogP contribution in [-0.2, 0) is 0 Å². The second kappa shape index (κ2) is 5.65. The van der Waals surface area contributed by atoms with Gasteiger partial charge in [-0.3, -0.25) is 0 Å². The van der Waals surface area contributed by atoms with Gasteiger partial charge in [-0.25, -0.2) is 0 Å². The van der Waals surface area contributed by atoms with E-state index in [9.17, 15) is 0 Å². The summed E-state index contributed by atoms with van der Waals surface area (Å²) in [6.45, 7) is 3.06. The van der Waals surface area contributed by atoms with Gasteiger partial charge < -0.3 is 5.32 Å². The lowest BCUT2D eigenvalue weighted by molar-refractivity contribution is 0.649. The number of halogens is 2. The molecule has 2 heterocycles. The van der Waals surface area contributed by atoms with Crippen molar-refractivity contribution >= 4 is 50.2 Å². The third kappa shape index (κ3) is 2.68. The minimum Gasteiger partial charge on any atom is -0.305 e. The Morgan fingerprint density at radius 2 is 2.31 bits per heavy atom. The molecule has 2 rings (SSSR count). The Morgan fingerprint density at radius 3 is 2.81 bits per heavy atom. The zero-order chi connectivity index (χ0) is 11.5. The van der Waals surface area contributed by atoms with Gasteiger partial charge in [-0.05, 0) is 40.0 Å². The van der Waals surface area contributed by atoms with E-state index in [1.807, 2.05) is 6.07 Å². The highest BCUT2D eigenvalue weighted by Crippen LogP contribution is 2.38. The van der Waals surface area contributed by atoms with Gasteiger partial charge in [0.25, 0.3) is 0 Å². The molecule has 1 N–H and O–H groups in total. The Bertz CT molecular complexity index is 433. The van der Waals surface area contributed by atoms with Gasteiger partial charge in [0.05, 0.1) is 14.9 Å². The fraction of sp³-hybridized carbons (Fsp3) is 0.273. The Morgan fingerprint density at radius 1 is 1.50 bits per heavy atom. The Balaban J connectivity index is 2.32. The molecule has 2 aromatic rings. The first-order chi connectivity index (χ1) is 7.72. The highest BCUT2D eigenvalue weighted by atomic mass is 79.9. The van der Waals surface area contributed by atoms with Gasteiger partial charge in [-0.1, -0.05) is 24.6 Å². The number of nitrogens with one attached hydrogen (secondary N) is 1. The summed E-state index contributed by atoms with van der Waals surface area (Å²) < 4.78 is 1.00. The molecule has 1 nitrogen and oxygen atoms in total. The van der Waals surface area contributed by atoms with Gasteiger partial charge in [0, 0.05) is 9.75 Å². The molecule has 0 saturated carbocycles. The number of hydrogen-bond donors (Lipinski definition) is 1. The monoisotopic (exact) mass is 335 g/mol. The third-order valence-corrected chi connectivity index (χ3v) is 5.66. The maximum absolute atomic E-state index is 6.07. The van der Waals surface area contributed by atoms with Crippen LogP contribution in [0.1, 0.15) is 22.7 Å². The van der Waals surface area contributed by atoms with E-state index in [0.29, 0.717) is 0 Å². The van der Waals surface area contributed by atoms with Crippen LogP contribution in [-0.4, -0.2) is 6.54 Å². The summed E-state index contributed by atoms with van der Waals surface area (Å²) in [6, 6.07) is 6.52. The van der Waals surface area contributed by atoms with Crippen LogP contribution in [0.3, 0.4) is 0 Å². The van der Waals surface area contributed by atoms with Gasteiger partial charge in [0.15, 0.2) is 0 Å². The van der Waals surface area contributed by atoms with Gasteiger partial charge in [0.1, 0.15) is 0 Å². The number of thiophene rings is 2. The topological polar surface area (TPSA) is 12.0 Å². The van der Waals surface area contributed by atoms with Crippen molar-refractivity contribution in [2.45, 2.75) is 13.0 Å². The van der Waals surface area contributed by atoms with E-state index in [1.165, 1.54) is 9.75 Å². The lowest BCUT2D eigenvalue weighted by Gasteiger charge is -2.14. The predicted octanol–water partition coefficient (Wildman–Crippen LogP) is 4.92. The van der Waals surface area contributed by atoms with Crippen molar-refractivity contribution in [3.63, 3.8) is 0 Å². The Hall–Kier alpha value is 0.130. The smallest absolute Gasteiger partial charge is 0.0888 e. The normalized spacial score (nSPS) is 12.9. The van der Waals surface area contributed by atoms with Crippen LogP contribution in [0.2, 0.25) is 5.02 Å². The van der Waals surface area contributed by atoms with Gasteiger partial charge >= 0.3 is 0 Å². The molecule has 16 heavy (non-hydrogen) atoms. The van der Waals surface area contributed by atoms with Crippen molar-refractivity contribution in [1.29, 1.82) is 0 Å². The van der Waals surface area contributed by atoms with Crippen molar-refractivity contribution in [3.8, 4) is 0 Å². The molecule has 1 unspecified atom stereocenters. The highest BCUT2D eigenvalue weighted by molar-refractivity contribution is 9.11. The Labute approximate surface area is 117 Å². The first-order valence-corrected chi connectivity index (χ1v) is 7.80. The molecule has 0 aliphatic heterocycles. The molecule has 0 aliphatic rings. The minimum absolute atomic E-state index is 0.263. The highest BCUT2D eigenvalue weighted by Gasteiger charge is 2.17. The van der Waals surface area contributed by atoms with Crippen molar-refractivity contribution in [3.05, 3.63) is 42.1 Å². The van der Waals surface area contributed by atoms with Gasteiger partial charge in [-0.2, -0.15) is 0 Å². The summed E-state index contributed by atoms with van der Waals surface area (Å²) in [5.41, 5.74) is 0. The lowest BCUT2D eigenvalue weighted by atomic mass is 10.2. The summed E-state index contributed by atoms with van der Waals surface area (Å²) in [5.74, 6) is 0. The summed E-state index contributed by atoms with van der Waals surface area (Å²) in [7, 11) is 0. The van der Waals surface area contributed by atoms with E-state index in [0.717, 1.165) is 15.4 Å². The quantitative estimate of drug-likeness (QED) is 0.835. The van der Waals surface area contributed by atoms with Gasteiger partial charge in [0.2, 0.25) is 0 Å². The maximum atomic E-state index is 6.07. The van der Waals surface area contributed by atoms with Crippen LogP contribution < -0.4 is 5.32 Å². The molecule has 0 saturated heterocycles. The average Bonchev–Trinajstić information content (AvgIpc) is 2.86. The first-order valence-electron chi connectivity index (χ1n) is 4.94. The summed E-state index contributed by atoms with van der Waals surface area (Å²) >= 11 is 13.0. The summed E-state index contributed by atoms with van der Waals surface area (Å²) in [6.07, 6.45) is 0. The average molecular weight is 337 g/mol. The van der Waals surface area contributed by atoms with E-state index in [4.69, 9.17) is 11.6 Å². The van der Waals surface area contributed by atoms with Crippen molar-refractivity contribution < 1.29 is 0 Å². The fourth-order valence-corrected chi connectivity index (χ4v) is 4.24. The largest absolute Gasteiger partial charge is 0.305 e. The molecule has 0 amide bonds. The van der Waals surface area contributed by atoms with E-state index < -0.39 is 0 Å². The third-order valence-electron chi connectivity index (χ3n) is 2.18. The first kappa shape index (κ1) is 12.6. The standard InChI is InChI=1S/C11H11BrClNS2/c1-2-14-10(8-4-3-5-15-8)9-6-7(13)11(12)16-9/h3-6,10,14H,2H2,1H3. The molecule has 86 valence electrons. The van der Waals surface area contributed by atoms with E-state index >= 15 is 0 Å². The molecule has 0 aliphatic carbocycles. The van der Waals surface area contributed by atoms with Gasteiger partial charge in [-0.15, -0.1) is 22.7 Å². The van der Waals surface area contributed by atoms with Crippen LogP contribution in [0.4, 0.5) is 0 Å². The summed E-state index contributed by atoms with van der Waals surface area (Å²) in [4.78, 5) is 2.58. The molecular weight excluding hydrogens is 326 g/mol. The Kier molecular flexibility index (Phi) is 4.44. The molecule has 2 aromatic heterocycles. The second-order valence-corrected chi connectivity index (χ2v) is 7.06. The molecule has 0 radical (unpaired) electrons. The number of rotatable bonds is 4. The SMILES string of the molecule is CCNC(c1cccs1)c1cc(Cl)c(Br)s1. The zero-order valence-electron chi connectivity index (χ0n) is 8.67. The van der Waals surface area contributed by atoms with Crippen LogP contribution in [0.5, 0.6) is 0 Å². The molecule has 5 heteroatoms. The van der Waals surface area contributed by atoms with Crippen LogP contribution in [0.15, 0.2) is 27.4 Å². The molecule has 1 atom stereocenters. The van der Waals surface area contributed by atoms with Crippen molar-refractivity contribution in [2.75, 3.05) is 6.54 Å². The predicted molar refractivity (Wildman–Crippen MR) is 76.9 cm³/mol. The molecule has 0 aromatic carbocycles. The maximum Gasteiger partial charge on any atom is 0.0888 e.